The third kappa shape index (κ3) is 2.87. The minimum Gasteiger partial charge on any atom is -0.392 e. The molecule has 0 saturated carbocycles. The van der Waals surface area contributed by atoms with Crippen LogP contribution in [0, 0.1) is 17.7 Å². The molecule has 4 nitrogen and oxygen atoms in total. The second-order valence-electron chi connectivity index (χ2n) is 5.58. The Morgan fingerprint density at radius 2 is 2.15 bits per heavy atom. The normalized spacial score (nSPS) is 20.8. The van der Waals surface area contributed by atoms with Crippen LogP contribution >= 0.6 is 0 Å². The molecular formula is C14H20FNO3S. The van der Waals surface area contributed by atoms with E-state index in [0.29, 0.717) is 30.5 Å². The van der Waals surface area contributed by atoms with Crippen LogP contribution in [-0.2, 0) is 16.6 Å². The molecule has 1 saturated heterocycles. The quantitative estimate of drug-likeness (QED) is 0.925. The van der Waals surface area contributed by atoms with E-state index in [1.54, 1.807) is 0 Å². The number of aliphatic hydroxyl groups excluding tert-OH is 1. The van der Waals surface area contributed by atoms with Gasteiger partial charge in [-0.2, -0.15) is 4.31 Å². The smallest absolute Gasteiger partial charge is 0.246 e. The Bertz CT molecular complexity index is 586. The van der Waals surface area contributed by atoms with E-state index in [4.69, 9.17) is 5.11 Å². The molecule has 1 N–H and O–H groups in total. The molecule has 0 aromatic heterocycles. The third-order valence-corrected chi connectivity index (χ3v) is 5.81. The van der Waals surface area contributed by atoms with Gasteiger partial charge in [-0.15, -0.1) is 0 Å². The molecule has 1 unspecified atom stereocenters. The molecule has 1 aromatic rings. The third-order valence-electron chi connectivity index (χ3n) is 3.93. The zero-order chi connectivity index (χ0) is 14.9. The average molecular weight is 301 g/mol. The highest BCUT2D eigenvalue weighted by Crippen LogP contribution is 2.29. The van der Waals surface area contributed by atoms with E-state index in [2.05, 4.69) is 13.8 Å². The monoisotopic (exact) mass is 301 g/mol. The van der Waals surface area contributed by atoms with Crippen LogP contribution in [0.1, 0.15) is 25.8 Å². The highest BCUT2D eigenvalue weighted by Gasteiger charge is 2.35. The van der Waals surface area contributed by atoms with Crippen molar-refractivity contribution in [1.82, 2.24) is 4.31 Å². The number of hydrogen-bond acceptors (Lipinski definition) is 3. The van der Waals surface area contributed by atoms with E-state index in [0.717, 1.165) is 12.5 Å². The molecule has 0 aliphatic carbocycles. The Kier molecular flexibility index (Phi) is 4.46. The summed E-state index contributed by atoms with van der Waals surface area (Å²) in [4.78, 5) is -0.339. The fourth-order valence-electron chi connectivity index (χ4n) is 2.50. The van der Waals surface area contributed by atoms with Gasteiger partial charge in [-0.1, -0.05) is 19.9 Å². The van der Waals surface area contributed by atoms with Crippen LogP contribution in [0.5, 0.6) is 0 Å². The minimum atomic E-state index is -3.82. The van der Waals surface area contributed by atoms with Crippen molar-refractivity contribution in [1.29, 1.82) is 0 Å². The molecule has 20 heavy (non-hydrogen) atoms. The lowest BCUT2D eigenvalue weighted by molar-refractivity contribution is 0.281. The van der Waals surface area contributed by atoms with Crippen LogP contribution in [0.2, 0.25) is 0 Å². The Balaban J connectivity index is 2.32. The largest absolute Gasteiger partial charge is 0.392 e. The van der Waals surface area contributed by atoms with E-state index >= 15 is 0 Å². The molecule has 1 aliphatic heterocycles. The Morgan fingerprint density at radius 3 is 2.70 bits per heavy atom. The van der Waals surface area contributed by atoms with Gasteiger partial charge in [-0.3, -0.25) is 0 Å². The summed E-state index contributed by atoms with van der Waals surface area (Å²) in [6, 6.07) is 3.69. The Hall–Kier alpha value is -0.980. The Morgan fingerprint density at radius 1 is 1.45 bits per heavy atom. The van der Waals surface area contributed by atoms with Gasteiger partial charge in [0.25, 0.3) is 0 Å². The van der Waals surface area contributed by atoms with Crippen LogP contribution in [0.4, 0.5) is 4.39 Å². The zero-order valence-electron chi connectivity index (χ0n) is 11.7. The highest BCUT2D eigenvalue weighted by atomic mass is 32.2. The van der Waals surface area contributed by atoms with Gasteiger partial charge in [-0.25, -0.2) is 12.8 Å². The van der Waals surface area contributed by atoms with Crippen LogP contribution in [0.15, 0.2) is 23.1 Å². The summed E-state index contributed by atoms with van der Waals surface area (Å²) in [6.07, 6.45) is 0.804. The summed E-state index contributed by atoms with van der Waals surface area (Å²) < 4.78 is 40.2. The molecule has 1 aromatic carbocycles. The van der Waals surface area contributed by atoms with Crippen molar-refractivity contribution in [2.75, 3.05) is 13.1 Å². The van der Waals surface area contributed by atoms with Crippen LogP contribution in [0.3, 0.4) is 0 Å². The van der Waals surface area contributed by atoms with Crippen molar-refractivity contribution in [2.45, 2.75) is 31.8 Å². The van der Waals surface area contributed by atoms with Crippen molar-refractivity contribution in [2.24, 2.45) is 11.8 Å². The molecule has 1 aliphatic rings. The molecule has 1 heterocycles. The number of sulfonamides is 1. The first-order chi connectivity index (χ1) is 9.36. The van der Waals surface area contributed by atoms with E-state index in [-0.39, 0.29) is 11.5 Å². The maximum absolute atomic E-state index is 13.8. The fourth-order valence-corrected chi connectivity index (χ4v) is 4.13. The summed E-state index contributed by atoms with van der Waals surface area (Å²) in [7, 11) is -3.82. The maximum Gasteiger partial charge on any atom is 0.246 e. The number of nitrogens with zero attached hydrogens (tertiary/aromatic N) is 1. The van der Waals surface area contributed by atoms with Crippen molar-refractivity contribution >= 4 is 10.0 Å². The van der Waals surface area contributed by atoms with Crippen LogP contribution in [-0.4, -0.2) is 30.9 Å². The number of rotatable bonds is 4. The van der Waals surface area contributed by atoms with Gasteiger partial charge in [0.2, 0.25) is 10.0 Å². The molecule has 112 valence electrons. The predicted octanol–water partition coefficient (Wildman–Crippen LogP) is 1.98. The minimum absolute atomic E-state index is 0.308. The number of halogens is 1. The molecule has 2 rings (SSSR count). The summed E-state index contributed by atoms with van der Waals surface area (Å²) >= 11 is 0. The van der Waals surface area contributed by atoms with Crippen LogP contribution < -0.4 is 0 Å². The molecular weight excluding hydrogens is 281 g/mol. The summed E-state index contributed by atoms with van der Waals surface area (Å²) in [5, 5.41) is 9.07. The lowest BCUT2D eigenvalue weighted by Crippen LogP contribution is -2.30. The standard InChI is InChI=1S/C14H20FNO3S/c1-10(2)12-5-6-16(8-12)20(18,19)14-7-11(9-17)3-4-13(14)15/h3-4,7,10,12,17H,5-6,8-9H2,1-2H3. The van der Waals surface area contributed by atoms with Gasteiger partial charge < -0.3 is 5.11 Å². The summed E-state index contributed by atoms with van der Waals surface area (Å²) in [6.45, 7) is 4.68. The molecule has 0 bridgehead atoms. The van der Waals surface area contributed by atoms with Gasteiger partial charge >= 0.3 is 0 Å². The average Bonchev–Trinajstić information content (AvgIpc) is 2.89. The van der Waals surface area contributed by atoms with Crippen molar-refractivity contribution in [3.05, 3.63) is 29.6 Å². The van der Waals surface area contributed by atoms with E-state index in [1.165, 1.54) is 16.4 Å². The lowest BCUT2D eigenvalue weighted by atomic mass is 9.96. The molecule has 0 radical (unpaired) electrons. The molecule has 0 spiro atoms. The van der Waals surface area contributed by atoms with E-state index in [9.17, 15) is 12.8 Å². The summed E-state index contributed by atoms with van der Waals surface area (Å²) in [5.41, 5.74) is 0.393. The maximum atomic E-state index is 13.8. The molecule has 1 fully saturated rings. The topological polar surface area (TPSA) is 57.6 Å². The second kappa shape index (κ2) is 5.79. The first-order valence-corrected chi connectivity index (χ1v) is 8.19. The van der Waals surface area contributed by atoms with E-state index in [1.807, 2.05) is 0 Å². The van der Waals surface area contributed by atoms with E-state index < -0.39 is 15.8 Å². The predicted molar refractivity (Wildman–Crippen MR) is 74.0 cm³/mol. The van der Waals surface area contributed by atoms with Crippen molar-refractivity contribution in [3.63, 3.8) is 0 Å². The molecule has 0 amide bonds. The number of aliphatic hydroxyl groups is 1. The number of benzene rings is 1. The molecule has 6 heteroatoms. The zero-order valence-corrected chi connectivity index (χ0v) is 12.5. The first-order valence-electron chi connectivity index (χ1n) is 6.75. The Labute approximate surface area is 119 Å². The summed E-state index contributed by atoms with van der Waals surface area (Å²) in [5.74, 6) is -0.0483. The lowest BCUT2D eigenvalue weighted by Gasteiger charge is -2.18. The van der Waals surface area contributed by atoms with Gasteiger partial charge in [0.15, 0.2) is 0 Å². The van der Waals surface area contributed by atoms with Gasteiger partial charge in [0.1, 0.15) is 10.7 Å². The highest BCUT2D eigenvalue weighted by molar-refractivity contribution is 7.89. The SMILES string of the molecule is CC(C)C1CCN(S(=O)(=O)c2cc(CO)ccc2F)C1. The van der Waals surface area contributed by atoms with Crippen molar-refractivity contribution < 1.29 is 17.9 Å². The van der Waals surface area contributed by atoms with Crippen molar-refractivity contribution in [3.8, 4) is 0 Å². The van der Waals surface area contributed by atoms with Gasteiger partial charge in [0, 0.05) is 13.1 Å². The van der Waals surface area contributed by atoms with Gasteiger partial charge in [0.05, 0.1) is 6.61 Å². The second-order valence-corrected chi connectivity index (χ2v) is 7.49. The van der Waals surface area contributed by atoms with Crippen LogP contribution in [0.25, 0.3) is 0 Å². The van der Waals surface area contributed by atoms with Gasteiger partial charge in [-0.05, 0) is 36.0 Å². The number of hydrogen-bond donors (Lipinski definition) is 1. The molecule has 1 atom stereocenters. The fraction of sp³-hybridized carbons (Fsp3) is 0.571. The first kappa shape index (κ1) is 15.4.